The van der Waals surface area contributed by atoms with Gasteiger partial charge in [-0.15, -0.1) is 0 Å². The first-order chi connectivity index (χ1) is 5.36. The molecule has 0 spiro atoms. The van der Waals surface area contributed by atoms with Crippen LogP contribution < -0.4 is 5.32 Å². The Hall–Kier alpha value is -0.100. The molecule has 1 atom stereocenters. The highest BCUT2D eigenvalue weighted by Crippen LogP contribution is 2.14. The van der Waals surface area contributed by atoms with Gasteiger partial charge in [-0.25, -0.2) is 0 Å². The number of nitrogens with zero attached hydrogens (tertiary/aromatic N) is 2. The highest BCUT2D eigenvalue weighted by molar-refractivity contribution is 14.1. The average Bonchev–Trinajstić information content (AvgIpc) is 2.55. The topological polar surface area (TPSA) is 29.9 Å². The van der Waals surface area contributed by atoms with Gasteiger partial charge in [-0.3, -0.25) is 4.68 Å². The lowest BCUT2D eigenvalue weighted by atomic mass is 10.3. The van der Waals surface area contributed by atoms with E-state index in [0.717, 1.165) is 13.1 Å². The van der Waals surface area contributed by atoms with E-state index in [1.165, 1.54) is 9.99 Å². The summed E-state index contributed by atoms with van der Waals surface area (Å²) in [4.78, 5) is 0. The van der Waals surface area contributed by atoms with Gasteiger partial charge < -0.3 is 5.32 Å². The van der Waals surface area contributed by atoms with Crippen molar-refractivity contribution in [3.05, 3.63) is 16.0 Å². The number of rotatable bonds is 1. The molecule has 11 heavy (non-hydrogen) atoms. The monoisotopic (exact) mass is 263 g/mol. The molecule has 4 heteroatoms. The molecule has 1 aliphatic rings. The molecule has 2 rings (SSSR count). The molecule has 1 aromatic heterocycles. The van der Waals surface area contributed by atoms with Crippen molar-refractivity contribution < 1.29 is 0 Å². The zero-order chi connectivity index (χ0) is 7.68. The molecule has 0 saturated carbocycles. The fourth-order valence-electron chi connectivity index (χ4n) is 1.38. The molecule has 0 radical (unpaired) electrons. The zero-order valence-corrected chi connectivity index (χ0v) is 8.28. The fourth-order valence-corrected chi connectivity index (χ4v) is 1.79. The SMILES string of the molecule is Ic1cnn([C@@H]2CCNC2)c1. The second kappa shape index (κ2) is 3.10. The van der Waals surface area contributed by atoms with E-state index in [9.17, 15) is 0 Å². The Morgan fingerprint density at radius 3 is 3.18 bits per heavy atom. The van der Waals surface area contributed by atoms with Gasteiger partial charge in [0, 0.05) is 12.7 Å². The van der Waals surface area contributed by atoms with E-state index in [1.54, 1.807) is 0 Å². The molecule has 0 aromatic carbocycles. The molecule has 1 fully saturated rings. The summed E-state index contributed by atoms with van der Waals surface area (Å²) in [6, 6.07) is 0.582. The maximum Gasteiger partial charge on any atom is 0.0656 e. The maximum atomic E-state index is 4.27. The van der Waals surface area contributed by atoms with Gasteiger partial charge in [0.1, 0.15) is 0 Å². The predicted octanol–water partition coefficient (Wildman–Crippen LogP) is 1.02. The predicted molar refractivity (Wildman–Crippen MR) is 51.5 cm³/mol. The van der Waals surface area contributed by atoms with Crippen molar-refractivity contribution in [3.63, 3.8) is 0 Å². The molecule has 3 nitrogen and oxygen atoms in total. The minimum absolute atomic E-state index is 0.582. The molecule has 1 saturated heterocycles. The van der Waals surface area contributed by atoms with Gasteiger partial charge in [0.05, 0.1) is 15.8 Å². The molecule has 2 heterocycles. The quantitative estimate of drug-likeness (QED) is 0.767. The summed E-state index contributed by atoms with van der Waals surface area (Å²) in [5, 5.41) is 7.58. The normalized spacial score (nSPS) is 24.3. The highest BCUT2D eigenvalue weighted by atomic mass is 127. The van der Waals surface area contributed by atoms with Crippen LogP contribution in [0.5, 0.6) is 0 Å². The van der Waals surface area contributed by atoms with Crippen molar-refractivity contribution in [2.75, 3.05) is 13.1 Å². The number of hydrogen-bond donors (Lipinski definition) is 1. The van der Waals surface area contributed by atoms with Crippen LogP contribution in [0.4, 0.5) is 0 Å². The number of halogens is 1. The third-order valence-corrected chi connectivity index (χ3v) is 2.54. The van der Waals surface area contributed by atoms with E-state index in [4.69, 9.17) is 0 Å². The van der Waals surface area contributed by atoms with Crippen LogP contribution in [-0.4, -0.2) is 22.9 Å². The van der Waals surface area contributed by atoms with Crippen LogP contribution in [0.1, 0.15) is 12.5 Å². The van der Waals surface area contributed by atoms with Crippen molar-refractivity contribution in [1.82, 2.24) is 15.1 Å². The van der Waals surface area contributed by atoms with Crippen LogP contribution in [0.3, 0.4) is 0 Å². The van der Waals surface area contributed by atoms with Crippen molar-refractivity contribution in [2.45, 2.75) is 12.5 Å². The molecular weight excluding hydrogens is 253 g/mol. The highest BCUT2D eigenvalue weighted by Gasteiger charge is 2.16. The molecule has 0 unspecified atom stereocenters. The summed E-state index contributed by atoms with van der Waals surface area (Å²) in [5.74, 6) is 0. The number of aromatic nitrogens is 2. The maximum absolute atomic E-state index is 4.27. The van der Waals surface area contributed by atoms with Crippen molar-refractivity contribution in [2.24, 2.45) is 0 Å². The van der Waals surface area contributed by atoms with E-state index in [1.807, 2.05) is 6.20 Å². The Balaban J connectivity index is 2.15. The first kappa shape index (κ1) is 7.54. The molecule has 0 amide bonds. The van der Waals surface area contributed by atoms with Crippen molar-refractivity contribution in [1.29, 1.82) is 0 Å². The van der Waals surface area contributed by atoms with Gasteiger partial charge in [-0.05, 0) is 35.6 Å². The van der Waals surface area contributed by atoms with E-state index in [2.05, 4.69) is 43.9 Å². The lowest BCUT2D eigenvalue weighted by Gasteiger charge is -2.07. The van der Waals surface area contributed by atoms with E-state index < -0.39 is 0 Å². The first-order valence-corrected chi connectivity index (χ1v) is 4.84. The second-order valence-corrected chi connectivity index (χ2v) is 4.03. The largest absolute Gasteiger partial charge is 0.315 e. The molecule has 0 aliphatic carbocycles. The van der Waals surface area contributed by atoms with Gasteiger partial charge >= 0.3 is 0 Å². The minimum Gasteiger partial charge on any atom is -0.315 e. The first-order valence-electron chi connectivity index (χ1n) is 3.76. The molecule has 1 N–H and O–H groups in total. The van der Waals surface area contributed by atoms with E-state index >= 15 is 0 Å². The molecule has 1 aromatic rings. The fraction of sp³-hybridized carbons (Fsp3) is 0.571. The summed E-state index contributed by atoms with van der Waals surface area (Å²) in [7, 11) is 0. The zero-order valence-electron chi connectivity index (χ0n) is 6.13. The summed E-state index contributed by atoms with van der Waals surface area (Å²) in [6.45, 7) is 2.19. The van der Waals surface area contributed by atoms with Gasteiger partial charge in [0.2, 0.25) is 0 Å². The van der Waals surface area contributed by atoms with Gasteiger partial charge in [0.25, 0.3) is 0 Å². The van der Waals surface area contributed by atoms with E-state index in [0.29, 0.717) is 6.04 Å². The second-order valence-electron chi connectivity index (χ2n) is 2.79. The number of nitrogens with one attached hydrogen (secondary N) is 1. The van der Waals surface area contributed by atoms with Crippen LogP contribution in [0.2, 0.25) is 0 Å². The Labute approximate surface area is 79.3 Å². The smallest absolute Gasteiger partial charge is 0.0656 e. The molecular formula is C7H10IN3. The van der Waals surface area contributed by atoms with Crippen molar-refractivity contribution in [3.8, 4) is 0 Å². The lowest BCUT2D eigenvalue weighted by Crippen LogP contribution is -2.13. The van der Waals surface area contributed by atoms with Crippen LogP contribution in [0.15, 0.2) is 12.4 Å². The minimum atomic E-state index is 0.582. The van der Waals surface area contributed by atoms with Gasteiger partial charge in [0.15, 0.2) is 0 Å². The Morgan fingerprint density at radius 1 is 1.73 bits per heavy atom. The van der Waals surface area contributed by atoms with Gasteiger partial charge in [-0.2, -0.15) is 5.10 Å². The third-order valence-electron chi connectivity index (χ3n) is 1.98. The Kier molecular flexibility index (Phi) is 2.13. The Morgan fingerprint density at radius 2 is 2.64 bits per heavy atom. The third kappa shape index (κ3) is 1.56. The van der Waals surface area contributed by atoms with E-state index in [-0.39, 0.29) is 0 Å². The summed E-state index contributed by atoms with van der Waals surface area (Å²) >= 11 is 2.28. The van der Waals surface area contributed by atoms with Crippen LogP contribution in [0, 0.1) is 3.57 Å². The summed E-state index contributed by atoms with van der Waals surface area (Å²) in [5.41, 5.74) is 0. The van der Waals surface area contributed by atoms with Crippen LogP contribution in [-0.2, 0) is 0 Å². The lowest BCUT2D eigenvalue weighted by molar-refractivity contribution is 0.490. The Bertz CT molecular complexity index is 240. The van der Waals surface area contributed by atoms with Crippen LogP contribution >= 0.6 is 22.6 Å². The molecule has 1 aliphatic heterocycles. The number of hydrogen-bond acceptors (Lipinski definition) is 2. The summed E-state index contributed by atoms with van der Waals surface area (Å²) < 4.78 is 3.27. The summed E-state index contributed by atoms with van der Waals surface area (Å²) in [6.07, 6.45) is 5.20. The van der Waals surface area contributed by atoms with Gasteiger partial charge in [-0.1, -0.05) is 0 Å². The van der Waals surface area contributed by atoms with Crippen molar-refractivity contribution >= 4 is 22.6 Å². The van der Waals surface area contributed by atoms with Crippen LogP contribution in [0.25, 0.3) is 0 Å². The molecule has 0 bridgehead atoms. The molecule has 60 valence electrons. The standard InChI is InChI=1S/C7H10IN3/c8-6-3-10-11(5-6)7-1-2-9-4-7/h3,5,7,9H,1-2,4H2/t7-/m1/s1. The average molecular weight is 263 g/mol.